The van der Waals surface area contributed by atoms with Crippen molar-refractivity contribution in [1.82, 2.24) is 10.6 Å². The van der Waals surface area contributed by atoms with Crippen LogP contribution in [0, 0.1) is 5.41 Å². The van der Waals surface area contributed by atoms with Crippen molar-refractivity contribution in [2.24, 2.45) is 10.4 Å². The van der Waals surface area contributed by atoms with Gasteiger partial charge in [-0.05, 0) is 50.2 Å². The van der Waals surface area contributed by atoms with Crippen LogP contribution < -0.4 is 10.6 Å². The number of nitrogens with zero attached hydrogens (tertiary/aromatic N) is 1. The molecule has 1 saturated carbocycles. The van der Waals surface area contributed by atoms with E-state index >= 15 is 0 Å². The summed E-state index contributed by atoms with van der Waals surface area (Å²) in [6.45, 7) is 7.07. The van der Waals surface area contributed by atoms with Gasteiger partial charge in [0.1, 0.15) is 0 Å². The monoisotopic (exact) mass is 479 g/mol. The van der Waals surface area contributed by atoms with Crippen LogP contribution in [-0.4, -0.2) is 30.8 Å². The molecule has 25 heavy (non-hydrogen) atoms. The van der Waals surface area contributed by atoms with E-state index in [-0.39, 0.29) is 36.0 Å². The Morgan fingerprint density at radius 2 is 1.88 bits per heavy atom. The minimum Gasteiger partial charge on any atom is -0.396 e. The van der Waals surface area contributed by atoms with E-state index in [1.54, 1.807) is 0 Å². The number of aliphatic hydroxyl groups excluding tert-OH is 1. The van der Waals surface area contributed by atoms with Crippen LogP contribution in [0.25, 0.3) is 0 Å². The van der Waals surface area contributed by atoms with Gasteiger partial charge in [-0.3, -0.25) is 0 Å². The molecule has 0 saturated heterocycles. The van der Waals surface area contributed by atoms with Crippen LogP contribution in [0.2, 0.25) is 0 Å². The van der Waals surface area contributed by atoms with Crippen LogP contribution in [0.5, 0.6) is 0 Å². The van der Waals surface area contributed by atoms with Gasteiger partial charge in [0.05, 0.1) is 6.54 Å². The summed E-state index contributed by atoms with van der Waals surface area (Å²) in [6, 6.07) is 4.39. The zero-order valence-electron chi connectivity index (χ0n) is 15.6. The molecule has 0 aromatic carbocycles. The van der Waals surface area contributed by atoms with Gasteiger partial charge in [-0.15, -0.1) is 35.3 Å². The van der Waals surface area contributed by atoms with Gasteiger partial charge >= 0.3 is 0 Å². The number of hydrogen-bond acceptors (Lipinski definition) is 3. The summed E-state index contributed by atoms with van der Waals surface area (Å²) >= 11 is 1.85. The number of hydrogen-bond donors (Lipinski definition) is 3. The van der Waals surface area contributed by atoms with Crippen molar-refractivity contribution in [1.29, 1.82) is 0 Å². The second-order valence-electron chi connectivity index (χ2n) is 6.80. The van der Waals surface area contributed by atoms with E-state index in [0.717, 1.165) is 38.4 Å². The van der Waals surface area contributed by atoms with Crippen molar-refractivity contribution in [3.05, 3.63) is 21.9 Å². The quantitative estimate of drug-likeness (QED) is 0.296. The number of rotatable bonds is 8. The van der Waals surface area contributed by atoms with Gasteiger partial charge in [0.25, 0.3) is 0 Å². The van der Waals surface area contributed by atoms with Crippen molar-refractivity contribution in [2.75, 3.05) is 19.7 Å². The van der Waals surface area contributed by atoms with E-state index in [2.05, 4.69) is 36.6 Å². The molecule has 144 valence electrons. The maximum atomic E-state index is 9.46. The number of aliphatic imine (C=N–C) groups is 1. The highest BCUT2D eigenvalue weighted by atomic mass is 127. The van der Waals surface area contributed by atoms with Crippen LogP contribution >= 0.6 is 35.3 Å². The lowest BCUT2D eigenvalue weighted by molar-refractivity contribution is 0.131. The van der Waals surface area contributed by atoms with Gasteiger partial charge in [0.2, 0.25) is 0 Å². The first-order chi connectivity index (χ1) is 11.7. The zero-order valence-corrected chi connectivity index (χ0v) is 18.8. The first-order valence-electron chi connectivity index (χ1n) is 9.42. The molecule has 0 aliphatic heterocycles. The third kappa shape index (κ3) is 7.43. The minimum atomic E-state index is 0. The number of aryl methyl sites for hydroxylation is 1. The molecule has 4 nitrogen and oxygen atoms in total. The summed E-state index contributed by atoms with van der Waals surface area (Å²) in [6.07, 6.45) is 8.31. The van der Waals surface area contributed by atoms with E-state index in [0.29, 0.717) is 0 Å². The third-order valence-corrected chi connectivity index (χ3v) is 6.20. The second-order valence-corrected chi connectivity index (χ2v) is 8.06. The predicted molar refractivity (Wildman–Crippen MR) is 119 cm³/mol. The first-order valence-corrected chi connectivity index (χ1v) is 10.2. The molecule has 1 aliphatic rings. The molecule has 1 heterocycles. The maximum Gasteiger partial charge on any atom is 0.191 e. The van der Waals surface area contributed by atoms with Gasteiger partial charge < -0.3 is 15.7 Å². The summed E-state index contributed by atoms with van der Waals surface area (Å²) in [5.74, 6) is 0.895. The number of guanidine groups is 1. The highest BCUT2D eigenvalue weighted by Gasteiger charge is 2.31. The van der Waals surface area contributed by atoms with Crippen LogP contribution in [0.4, 0.5) is 0 Å². The molecule has 1 aromatic heterocycles. The Kier molecular flexibility index (Phi) is 11.0. The lowest BCUT2D eigenvalue weighted by Gasteiger charge is -2.37. The number of aliphatic hydroxyl groups is 1. The van der Waals surface area contributed by atoms with Gasteiger partial charge in [-0.2, -0.15) is 0 Å². The van der Waals surface area contributed by atoms with Gasteiger partial charge in [0, 0.05) is 29.5 Å². The standard InChI is InChI=1S/C19H33N3OS.HI/c1-3-16-8-9-17(24-16)14-21-18(20-4-2)22-15-19(12-13-23)10-6-5-7-11-19;/h8-9,23H,3-7,10-15H2,1-2H3,(H2,20,21,22);1H. The van der Waals surface area contributed by atoms with Crippen LogP contribution in [-0.2, 0) is 13.0 Å². The topological polar surface area (TPSA) is 56.7 Å². The lowest BCUT2D eigenvalue weighted by atomic mass is 9.72. The second kappa shape index (κ2) is 12.1. The number of nitrogens with one attached hydrogen (secondary N) is 2. The normalized spacial score (nSPS) is 17.0. The molecule has 0 atom stereocenters. The highest BCUT2D eigenvalue weighted by molar-refractivity contribution is 14.0. The molecule has 1 aliphatic carbocycles. The zero-order chi connectivity index (χ0) is 17.3. The molecule has 2 rings (SSSR count). The van der Waals surface area contributed by atoms with Crippen LogP contribution in [0.15, 0.2) is 17.1 Å². The number of halogens is 1. The van der Waals surface area contributed by atoms with E-state index in [1.165, 1.54) is 41.9 Å². The fourth-order valence-corrected chi connectivity index (χ4v) is 4.40. The SMILES string of the molecule is CCNC(=NCc1ccc(CC)s1)NCC1(CCO)CCCCC1.I. The van der Waals surface area contributed by atoms with E-state index in [4.69, 9.17) is 4.99 Å². The van der Waals surface area contributed by atoms with Gasteiger partial charge in [0.15, 0.2) is 5.96 Å². The Balaban J connectivity index is 0.00000312. The average molecular weight is 479 g/mol. The third-order valence-electron chi connectivity index (χ3n) is 4.99. The summed E-state index contributed by atoms with van der Waals surface area (Å²) in [7, 11) is 0. The molecule has 0 bridgehead atoms. The van der Waals surface area contributed by atoms with E-state index < -0.39 is 0 Å². The smallest absolute Gasteiger partial charge is 0.191 e. The fraction of sp³-hybridized carbons (Fsp3) is 0.737. The average Bonchev–Trinajstić information content (AvgIpc) is 3.07. The van der Waals surface area contributed by atoms with Gasteiger partial charge in [-0.1, -0.05) is 26.2 Å². The van der Waals surface area contributed by atoms with Crippen molar-refractivity contribution in [3.8, 4) is 0 Å². The van der Waals surface area contributed by atoms with E-state index in [9.17, 15) is 5.11 Å². The van der Waals surface area contributed by atoms with Crippen molar-refractivity contribution >= 4 is 41.3 Å². The summed E-state index contributed by atoms with van der Waals surface area (Å²) in [4.78, 5) is 7.48. The molecule has 1 aromatic rings. The molecule has 6 heteroatoms. The van der Waals surface area contributed by atoms with Crippen LogP contribution in [0.1, 0.15) is 62.1 Å². The summed E-state index contributed by atoms with van der Waals surface area (Å²) < 4.78 is 0. The Bertz CT molecular complexity index is 507. The molecular formula is C19H34IN3OS. The summed E-state index contributed by atoms with van der Waals surface area (Å²) in [5.41, 5.74) is 0.238. The predicted octanol–water partition coefficient (Wildman–Crippen LogP) is 4.32. The molecule has 0 spiro atoms. The fourth-order valence-electron chi connectivity index (χ4n) is 3.52. The molecule has 0 unspecified atom stereocenters. The Labute approximate surface area is 173 Å². The van der Waals surface area contributed by atoms with E-state index in [1.807, 2.05) is 11.3 Å². The van der Waals surface area contributed by atoms with Crippen molar-refractivity contribution in [2.45, 2.75) is 65.3 Å². The molecule has 1 fully saturated rings. The van der Waals surface area contributed by atoms with Crippen molar-refractivity contribution in [3.63, 3.8) is 0 Å². The highest BCUT2D eigenvalue weighted by Crippen LogP contribution is 2.38. The Hall–Kier alpha value is -0.340. The van der Waals surface area contributed by atoms with Gasteiger partial charge in [-0.25, -0.2) is 4.99 Å². The molecular weight excluding hydrogens is 445 g/mol. The molecule has 3 N–H and O–H groups in total. The number of thiophene rings is 1. The molecule has 0 amide bonds. The maximum absolute atomic E-state index is 9.46. The minimum absolute atomic E-state index is 0. The first kappa shape index (κ1) is 22.7. The molecule has 0 radical (unpaired) electrons. The largest absolute Gasteiger partial charge is 0.396 e. The van der Waals surface area contributed by atoms with Crippen LogP contribution in [0.3, 0.4) is 0 Å². The Morgan fingerprint density at radius 3 is 2.48 bits per heavy atom. The summed E-state index contributed by atoms with van der Waals surface area (Å²) in [5, 5.41) is 16.4. The Morgan fingerprint density at radius 1 is 1.16 bits per heavy atom. The van der Waals surface area contributed by atoms with Crippen molar-refractivity contribution < 1.29 is 5.11 Å². The lowest BCUT2D eigenvalue weighted by Crippen LogP contribution is -2.44.